The van der Waals surface area contributed by atoms with Crippen LogP contribution in [0.25, 0.3) is 0 Å². The van der Waals surface area contributed by atoms with Gasteiger partial charge < -0.3 is 10.6 Å². The van der Waals surface area contributed by atoms with Crippen molar-refractivity contribution in [3.63, 3.8) is 0 Å². The van der Waals surface area contributed by atoms with Gasteiger partial charge in [0.25, 0.3) is 0 Å². The van der Waals surface area contributed by atoms with Crippen LogP contribution < -0.4 is 10.6 Å². The average molecular weight is 297 g/mol. The number of allylic oxidation sites excluding steroid dienone is 1. The number of nitrogen functional groups attached to an aromatic ring is 1. The van der Waals surface area contributed by atoms with E-state index < -0.39 is 0 Å². The fourth-order valence-corrected chi connectivity index (χ4v) is 2.67. The quantitative estimate of drug-likeness (QED) is 0.853. The zero-order valence-corrected chi connectivity index (χ0v) is 11.5. The van der Waals surface area contributed by atoms with Crippen LogP contribution in [0.5, 0.6) is 0 Å². The number of rotatable bonds is 2. The Balaban J connectivity index is 2.18. The number of anilines is 2. The Kier molecular flexibility index (Phi) is 3.99. The van der Waals surface area contributed by atoms with Gasteiger partial charge in [0.2, 0.25) is 5.95 Å². The molecule has 92 valence electrons. The molecule has 0 bridgehead atoms. The summed E-state index contributed by atoms with van der Waals surface area (Å²) in [5, 5.41) is 0. The molecule has 0 saturated carbocycles. The summed E-state index contributed by atoms with van der Waals surface area (Å²) in [4.78, 5) is 10.6. The number of halogens is 1. The van der Waals surface area contributed by atoms with Crippen LogP contribution in [0, 0.1) is 5.92 Å². The van der Waals surface area contributed by atoms with Crippen molar-refractivity contribution >= 4 is 27.7 Å². The Hall–Kier alpha value is -1.10. The molecule has 2 N–H and O–H groups in total. The molecule has 5 heteroatoms. The summed E-state index contributed by atoms with van der Waals surface area (Å²) in [5.74, 6) is 1.85. The molecule has 0 aliphatic carbocycles. The van der Waals surface area contributed by atoms with Gasteiger partial charge in [-0.05, 0) is 41.6 Å². The van der Waals surface area contributed by atoms with Gasteiger partial charge in [0.1, 0.15) is 5.82 Å². The van der Waals surface area contributed by atoms with Crippen molar-refractivity contribution in [1.82, 2.24) is 9.97 Å². The summed E-state index contributed by atoms with van der Waals surface area (Å²) in [6.45, 7) is 4.10. The maximum Gasteiger partial charge on any atom is 0.222 e. The molecule has 1 fully saturated rings. The first kappa shape index (κ1) is 12.4. The van der Waals surface area contributed by atoms with E-state index in [2.05, 4.69) is 49.9 Å². The van der Waals surface area contributed by atoms with E-state index in [9.17, 15) is 0 Å². The van der Waals surface area contributed by atoms with Crippen LogP contribution in [-0.4, -0.2) is 23.1 Å². The molecule has 0 amide bonds. The summed E-state index contributed by atoms with van der Waals surface area (Å²) in [5.41, 5.74) is 5.64. The van der Waals surface area contributed by atoms with E-state index in [0.29, 0.717) is 11.9 Å². The maximum atomic E-state index is 5.64. The van der Waals surface area contributed by atoms with E-state index in [1.807, 2.05) is 0 Å². The SMILES string of the molecule is C/C=C/[C@@H]1CCCN(c2nc(N)ncc2Br)C1. The molecule has 1 atom stereocenters. The van der Waals surface area contributed by atoms with Crippen molar-refractivity contribution in [3.05, 3.63) is 22.8 Å². The van der Waals surface area contributed by atoms with Crippen molar-refractivity contribution in [2.45, 2.75) is 19.8 Å². The maximum absolute atomic E-state index is 5.64. The number of nitrogens with zero attached hydrogens (tertiary/aromatic N) is 3. The summed E-state index contributed by atoms with van der Waals surface area (Å²) < 4.78 is 0.910. The molecule has 17 heavy (non-hydrogen) atoms. The minimum absolute atomic E-state index is 0.330. The van der Waals surface area contributed by atoms with Crippen LogP contribution in [0.3, 0.4) is 0 Å². The summed E-state index contributed by atoms with van der Waals surface area (Å²) in [7, 11) is 0. The van der Waals surface area contributed by atoms with Gasteiger partial charge in [-0.15, -0.1) is 0 Å². The molecule has 1 aromatic rings. The lowest BCUT2D eigenvalue weighted by Crippen LogP contribution is -2.35. The number of piperidine rings is 1. The Morgan fingerprint density at radius 1 is 1.59 bits per heavy atom. The average Bonchev–Trinajstić information content (AvgIpc) is 2.33. The van der Waals surface area contributed by atoms with Gasteiger partial charge in [-0.1, -0.05) is 12.2 Å². The van der Waals surface area contributed by atoms with E-state index in [0.717, 1.165) is 23.4 Å². The number of hydrogen-bond donors (Lipinski definition) is 1. The van der Waals surface area contributed by atoms with E-state index in [4.69, 9.17) is 5.73 Å². The molecular formula is C12H17BrN4. The highest BCUT2D eigenvalue weighted by atomic mass is 79.9. The Bertz CT molecular complexity index is 419. The van der Waals surface area contributed by atoms with Crippen molar-refractivity contribution in [3.8, 4) is 0 Å². The first-order valence-electron chi connectivity index (χ1n) is 5.86. The lowest BCUT2D eigenvalue weighted by Gasteiger charge is -2.32. The molecular weight excluding hydrogens is 280 g/mol. The highest BCUT2D eigenvalue weighted by Crippen LogP contribution is 2.28. The second-order valence-corrected chi connectivity index (χ2v) is 5.13. The Morgan fingerprint density at radius 3 is 3.18 bits per heavy atom. The van der Waals surface area contributed by atoms with Crippen LogP contribution in [0.15, 0.2) is 22.8 Å². The van der Waals surface area contributed by atoms with E-state index in [1.54, 1.807) is 6.20 Å². The Morgan fingerprint density at radius 2 is 2.41 bits per heavy atom. The van der Waals surface area contributed by atoms with Crippen molar-refractivity contribution < 1.29 is 0 Å². The lowest BCUT2D eigenvalue weighted by molar-refractivity contribution is 0.481. The third-order valence-corrected chi connectivity index (χ3v) is 3.53. The van der Waals surface area contributed by atoms with Crippen LogP contribution in [-0.2, 0) is 0 Å². The molecule has 1 aliphatic heterocycles. The van der Waals surface area contributed by atoms with Crippen molar-refractivity contribution in [2.24, 2.45) is 5.92 Å². The van der Waals surface area contributed by atoms with Crippen LogP contribution in [0.2, 0.25) is 0 Å². The third kappa shape index (κ3) is 2.97. The van der Waals surface area contributed by atoms with Gasteiger partial charge in [0.15, 0.2) is 0 Å². The highest BCUT2D eigenvalue weighted by Gasteiger charge is 2.20. The smallest absolute Gasteiger partial charge is 0.222 e. The highest BCUT2D eigenvalue weighted by molar-refractivity contribution is 9.10. The number of nitrogens with two attached hydrogens (primary N) is 1. The first-order valence-corrected chi connectivity index (χ1v) is 6.65. The van der Waals surface area contributed by atoms with Gasteiger partial charge >= 0.3 is 0 Å². The number of aromatic nitrogens is 2. The normalized spacial score (nSPS) is 21.1. The topological polar surface area (TPSA) is 55.0 Å². The van der Waals surface area contributed by atoms with Gasteiger partial charge in [-0.25, -0.2) is 4.98 Å². The predicted molar refractivity (Wildman–Crippen MR) is 73.9 cm³/mol. The fourth-order valence-electron chi connectivity index (χ4n) is 2.22. The largest absolute Gasteiger partial charge is 0.368 e. The summed E-state index contributed by atoms with van der Waals surface area (Å²) >= 11 is 3.48. The van der Waals surface area contributed by atoms with Crippen molar-refractivity contribution in [2.75, 3.05) is 23.7 Å². The minimum Gasteiger partial charge on any atom is -0.368 e. The standard InChI is InChI=1S/C12H17BrN4/c1-2-4-9-5-3-6-17(8-9)11-10(13)7-15-12(14)16-11/h2,4,7,9H,3,5-6,8H2,1H3,(H2,14,15,16)/b4-2+/t9-/m1/s1. The van der Waals surface area contributed by atoms with Gasteiger partial charge in [-0.2, -0.15) is 4.98 Å². The summed E-state index contributed by atoms with van der Waals surface area (Å²) in [6, 6.07) is 0. The molecule has 1 aliphatic rings. The molecule has 4 nitrogen and oxygen atoms in total. The van der Waals surface area contributed by atoms with Crippen LogP contribution in [0.4, 0.5) is 11.8 Å². The molecule has 2 heterocycles. The van der Waals surface area contributed by atoms with E-state index in [1.165, 1.54) is 12.8 Å². The molecule has 1 aromatic heterocycles. The predicted octanol–water partition coefficient (Wildman–Crippen LogP) is 2.61. The minimum atomic E-state index is 0.330. The molecule has 0 radical (unpaired) electrons. The zero-order chi connectivity index (χ0) is 12.3. The van der Waals surface area contributed by atoms with Crippen LogP contribution in [0.1, 0.15) is 19.8 Å². The summed E-state index contributed by atoms with van der Waals surface area (Å²) in [6.07, 6.45) is 8.55. The first-order chi connectivity index (χ1) is 8.20. The molecule has 2 rings (SSSR count). The molecule has 0 spiro atoms. The fraction of sp³-hybridized carbons (Fsp3) is 0.500. The Labute approximate surface area is 110 Å². The van der Waals surface area contributed by atoms with E-state index >= 15 is 0 Å². The second-order valence-electron chi connectivity index (χ2n) is 4.27. The van der Waals surface area contributed by atoms with Gasteiger partial charge in [-0.3, -0.25) is 0 Å². The molecule has 0 unspecified atom stereocenters. The molecule has 0 aromatic carbocycles. The van der Waals surface area contributed by atoms with Gasteiger partial charge in [0, 0.05) is 19.3 Å². The number of hydrogen-bond acceptors (Lipinski definition) is 4. The van der Waals surface area contributed by atoms with Gasteiger partial charge in [0.05, 0.1) is 4.47 Å². The van der Waals surface area contributed by atoms with E-state index in [-0.39, 0.29) is 0 Å². The zero-order valence-electron chi connectivity index (χ0n) is 9.93. The molecule has 1 saturated heterocycles. The second kappa shape index (κ2) is 5.49. The lowest BCUT2D eigenvalue weighted by atomic mass is 9.98. The van der Waals surface area contributed by atoms with Crippen molar-refractivity contribution in [1.29, 1.82) is 0 Å². The third-order valence-electron chi connectivity index (χ3n) is 2.97. The van der Waals surface area contributed by atoms with Crippen LogP contribution >= 0.6 is 15.9 Å². The monoisotopic (exact) mass is 296 g/mol.